The van der Waals surface area contributed by atoms with E-state index in [0.717, 1.165) is 35.7 Å². The summed E-state index contributed by atoms with van der Waals surface area (Å²) in [6.07, 6.45) is 5.60. The highest BCUT2D eigenvalue weighted by Crippen LogP contribution is 2.17. The van der Waals surface area contributed by atoms with E-state index in [2.05, 4.69) is 10.3 Å². The second-order valence-corrected chi connectivity index (χ2v) is 8.57. The average Bonchev–Trinajstić information content (AvgIpc) is 3.04. The van der Waals surface area contributed by atoms with Crippen LogP contribution in [0.15, 0.2) is 30.5 Å². The molecule has 25 heavy (non-hydrogen) atoms. The van der Waals surface area contributed by atoms with Gasteiger partial charge in [0.2, 0.25) is 15.9 Å². The number of hydrogen-bond acceptors (Lipinski definition) is 3. The Bertz CT molecular complexity index is 823. The second-order valence-electron chi connectivity index (χ2n) is 6.49. The minimum Gasteiger partial charge on any atom is -0.361 e. The van der Waals surface area contributed by atoms with E-state index in [1.807, 2.05) is 30.5 Å². The second kappa shape index (κ2) is 8.01. The Labute approximate surface area is 148 Å². The first kappa shape index (κ1) is 17.9. The number of fused-ring (bicyclic) bond motifs is 1. The van der Waals surface area contributed by atoms with E-state index in [1.165, 1.54) is 4.31 Å². The highest BCUT2D eigenvalue weighted by molar-refractivity contribution is 7.89. The van der Waals surface area contributed by atoms with Crippen LogP contribution in [-0.2, 0) is 21.2 Å². The van der Waals surface area contributed by atoms with Crippen molar-refractivity contribution in [1.82, 2.24) is 14.6 Å². The van der Waals surface area contributed by atoms with Crippen molar-refractivity contribution in [3.8, 4) is 0 Å². The fourth-order valence-corrected chi connectivity index (χ4v) is 4.77. The number of carbonyl (C=O) groups is 1. The molecule has 1 aliphatic heterocycles. The maximum Gasteiger partial charge on any atom is 0.221 e. The largest absolute Gasteiger partial charge is 0.361 e. The summed E-state index contributed by atoms with van der Waals surface area (Å²) >= 11 is 0. The van der Waals surface area contributed by atoms with E-state index in [9.17, 15) is 13.2 Å². The highest BCUT2D eigenvalue weighted by atomic mass is 32.2. The molecule has 1 saturated heterocycles. The smallest absolute Gasteiger partial charge is 0.221 e. The van der Waals surface area contributed by atoms with Crippen LogP contribution in [0.3, 0.4) is 0 Å². The van der Waals surface area contributed by atoms with Gasteiger partial charge >= 0.3 is 0 Å². The summed E-state index contributed by atoms with van der Waals surface area (Å²) in [6.45, 7) is 1.68. The molecule has 2 aromatic rings. The van der Waals surface area contributed by atoms with Gasteiger partial charge in [0, 0.05) is 43.2 Å². The Hall–Kier alpha value is -1.86. The number of piperidine rings is 1. The summed E-state index contributed by atoms with van der Waals surface area (Å²) < 4.78 is 26.0. The quantitative estimate of drug-likeness (QED) is 0.790. The van der Waals surface area contributed by atoms with Crippen molar-refractivity contribution in [2.24, 2.45) is 0 Å². The van der Waals surface area contributed by atoms with Crippen LogP contribution in [0.5, 0.6) is 0 Å². The molecule has 1 aromatic carbocycles. The van der Waals surface area contributed by atoms with Crippen molar-refractivity contribution < 1.29 is 13.2 Å². The van der Waals surface area contributed by atoms with Gasteiger partial charge in [-0.15, -0.1) is 0 Å². The van der Waals surface area contributed by atoms with Crippen LogP contribution < -0.4 is 5.32 Å². The van der Waals surface area contributed by atoms with Gasteiger partial charge in [0.25, 0.3) is 0 Å². The van der Waals surface area contributed by atoms with Crippen molar-refractivity contribution in [1.29, 1.82) is 0 Å². The van der Waals surface area contributed by atoms with Gasteiger partial charge in [0.05, 0.1) is 5.75 Å². The standard InChI is InChI=1S/C18H25N3O3S/c22-18(9-13-25(23,24)21-11-4-1-5-12-21)19-10-8-15-14-20-17-7-3-2-6-16(15)17/h2-3,6-7,14,20H,1,4-5,8-13H2,(H,19,22). The molecule has 3 rings (SSSR count). The van der Waals surface area contributed by atoms with Gasteiger partial charge in [-0.05, 0) is 30.9 Å². The van der Waals surface area contributed by atoms with E-state index in [0.29, 0.717) is 26.1 Å². The number of amides is 1. The minimum atomic E-state index is -3.31. The van der Waals surface area contributed by atoms with Crippen LogP contribution in [-0.4, -0.2) is 49.0 Å². The Morgan fingerprint density at radius 3 is 2.72 bits per heavy atom. The number of hydrogen-bond donors (Lipinski definition) is 2. The predicted octanol–water partition coefficient (Wildman–Crippen LogP) is 2.03. The number of carbonyl (C=O) groups excluding carboxylic acids is 1. The lowest BCUT2D eigenvalue weighted by molar-refractivity contribution is -0.120. The number of nitrogens with one attached hydrogen (secondary N) is 2. The Morgan fingerprint density at radius 1 is 1.16 bits per heavy atom. The van der Waals surface area contributed by atoms with Gasteiger partial charge in [0.1, 0.15) is 0 Å². The molecular formula is C18H25N3O3S. The normalized spacial score (nSPS) is 16.2. The molecule has 1 fully saturated rings. The van der Waals surface area contributed by atoms with Crippen molar-refractivity contribution >= 4 is 26.8 Å². The number of para-hydroxylation sites is 1. The summed E-state index contributed by atoms with van der Waals surface area (Å²) in [5.41, 5.74) is 2.23. The molecule has 1 aromatic heterocycles. The van der Waals surface area contributed by atoms with Gasteiger partial charge in [-0.25, -0.2) is 12.7 Å². The lowest BCUT2D eigenvalue weighted by atomic mass is 10.1. The summed E-state index contributed by atoms with van der Waals surface area (Å²) in [5, 5.41) is 3.98. The number of benzene rings is 1. The summed E-state index contributed by atoms with van der Waals surface area (Å²) in [5.74, 6) is -0.313. The molecule has 1 amide bonds. The van der Waals surface area contributed by atoms with Crippen molar-refractivity contribution in [2.75, 3.05) is 25.4 Å². The number of aromatic amines is 1. The molecule has 0 saturated carbocycles. The van der Waals surface area contributed by atoms with Gasteiger partial charge in [0.15, 0.2) is 0 Å². The molecule has 6 nitrogen and oxygen atoms in total. The molecule has 136 valence electrons. The number of nitrogens with zero attached hydrogens (tertiary/aromatic N) is 1. The van der Waals surface area contributed by atoms with Crippen LogP contribution in [0.4, 0.5) is 0 Å². The van der Waals surface area contributed by atoms with Crippen LogP contribution in [0.25, 0.3) is 10.9 Å². The summed E-state index contributed by atoms with van der Waals surface area (Å²) in [4.78, 5) is 15.2. The zero-order valence-electron chi connectivity index (χ0n) is 14.3. The van der Waals surface area contributed by atoms with Gasteiger partial charge in [-0.2, -0.15) is 0 Å². The summed E-state index contributed by atoms with van der Waals surface area (Å²) in [6, 6.07) is 8.04. The third kappa shape index (κ3) is 4.61. The fraction of sp³-hybridized carbons (Fsp3) is 0.500. The van der Waals surface area contributed by atoms with Crippen LogP contribution in [0.2, 0.25) is 0 Å². The number of aromatic nitrogens is 1. The first-order valence-corrected chi connectivity index (χ1v) is 10.5. The lowest BCUT2D eigenvalue weighted by Crippen LogP contribution is -2.38. The van der Waals surface area contributed by atoms with Gasteiger partial charge in [-0.3, -0.25) is 4.79 Å². The Kier molecular flexibility index (Phi) is 5.75. The van der Waals surface area contributed by atoms with Gasteiger partial charge < -0.3 is 10.3 Å². The molecule has 2 heterocycles. The maximum atomic E-state index is 12.2. The third-order valence-corrected chi connectivity index (χ3v) is 6.56. The number of sulfonamides is 1. The number of rotatable bonds is 7. The minimum absolute atomic E-state index is 0.0206. The predicted molar refractivity (Wildman–Crippen MR) is 98.8 cm³/mol. The highest BCUT2D eigenvalue weighted by Gasteiger charge is 2.24. The molecule has 0 atom stereocenters. The SMILES string of the molecule is O=C(CCS(=O)(=O)N1CCCCC1)NCCc1c[nH]c2ccccc12. The molecular weight excluding hydrogens is 338 g/mol. The Morgan fingerprint density at radius 2 is 1.92 bits per heavy atom. The Balaban J connectivity index is 1.43. The molecule has 0 radical (unpaired) electrons. The van der Waals surface area contributed by atoms with Crippen LogP contribution >= 0.6 is 0 Å². The number of H-pyrrole nitrogens is 1. The fourth-order valence-electron chi connectivity index (χ4n) is 3.26. The van der Waals surface area contributed by atoms with Crippen molar-refractivity contribution in [3.05, 3.63) is 36.0 Å². The van der Waals surface area contributed by atoms with Crippen molar-refractivity contribution in [3.63, 3.8) is 0 Å². The van der Waals surface area contributed by atoms with Crippen LogP contribution in [0.1, 0.15) is 31.2 Å². The van der Waals surface area contributed by atoms with Crippen molar-refractivity contribution in [2.45, 2.75) is 32.1 Å². The van der Waals surface area contributed by atoms with Crippen LogP contribution in [0, 0.1) is 0 Å². The molecule has 2 N–H and O–H groups in total. The first-order valence-electron chi connectivity index (χ1n) is 8.86. The first-order chi connectivity index (χ1) is 12.1. The zero-order valence-corrected chi connectivity index (χ0v) is 15.1. The molecule has 0 spiro atoms. The summed E-state index contributed by atoms with van der Waals surface area (Å²) in [7, 11) is -3.31. The third-order valence-electron chi connectivity index (χ3n) is 4.69. The molecule has 1 aliphatic rings. The lowest BCUT2D eigenvalue weighted by Gasteiger charge is -2.25. The molecule has 0 bridgehead atoms. The average molecular weight is 363 g/mol. The molecule has 0 aliphatic carbocycles. The maximum absolute atomic E-state index is 12.2. The van der Waals surface area contributed by atoms with E-state index in [-0.39, 0.29) is 18.1 Å². The van der Waals surface area contributed by atoms with E-state index < -0.39 is 10.0 Å². The molecule has 0 unspecified atom stereocenters. The van der Waals surface area contributed by atoms with E-state index in [1.54, 1.807) is 0 Å². The monoisotopic (exact) mass is 363 g/mol. The van der Waals surface area contributed by atoms with Gasteiger partial charge in [-0.1, -0.05) is 24.6 Å². The van der Waals surface area contributed by atoms with E-state index >= 15 is 0 Å². The zero-order chi connectivity index (χ0) is 17.7. The molecule has 7 heteroatoms. The van der Waals surface area contributed by atoms with E-state index in [4.69, 9.17) is 0 Å². The topological polar surface area (TPSA) is 82.3 Å².